The first-order valence-electron chi connectivity index (χ1n) is 9.45. The van der Waals surface area contributed by atoms with Crippen LogP contribution in [0.25, 0.3) is 0 Å². The van der Waals surface area contributed by atoms with Crippen LogP contribution in [0.4, 0.5) is 5.13 Å². The first kappa shape index (κ1) is 21.5. The molecule has 1 aromatic carbocycles. The van der Waals surface area contributed by atoms with Crippen LogP contribution in [0.2, 0.25) is 0 Å². The molecule has 0 aliphatic rings. The first-order valence-corrected chi connectivity index (χ1v) is 11.3. The molecule has 2 aromatic heterocycles. The highest BCUT2D eigenvalue weighted by Gasteiger charge is 2.19. The number of thiazole rings is 1. The quantitative estimate of drug-likeness (QED) is 0.514. The van der Waals surface area contributed by atoms with Gasteiger partial charge in [0.05, 0.1) is 28.8 Å². The number of nitrogens with one attached hydrogen (secondary N) is 1. The Kier molecular flexibility index (Phi) is 7.10. The predicted octanol–water partition coefficient (Wildman–Crippen LogP) is 4.40. The number of rotatable bonds is 8. The Balaban J connectivity index is 1.51. The van der Waals surface area contributed by atoms with Crippen molar-refractivity contribution in [3.05, 3.63) is 59.4 Å². The van der Waals surface area contributed by atoms with Crippen molar-refractivity contribution in [3.63, 3.8) is 0 Å². The number of hydrogen-bond acceptors (Lipinski definition) is 7. The molecule has 8 heteroatoms. The van der Waals surface area contributed by atoms with Crippen LogP contribution in [-0.4, -0.2) is 22.4 Å². The second kappa shape index (κ2) is 9.56. The molecule has 3 N–H and O–H groups in total. The summed E-state index contributed by atoms with van der Waals surface area (Å²) in [5, 5.41) is 3.47. The predicted molar refractivity (Wildman–Crippen MR) is 118 cm³/mol. The summed E-state index contributed by atoms with van der Waals surface area (Å²) in [6, 6.07) is 7.96. The van der Waals surface area contributed by atoms with Crippen LogP contribution in [-0.2, 0) is 28.8 Å². The van der Waals surface area contributed by atoms with Crippen molar-refractivity contribution in [3.8, 4) is 0 Å². The molecule has 0 atom stereocenters. The van der Waals surface area contributed by atoms with E-state index < -0.39 is 0 Å². The van der Waals surface area contributed by atoms with Gasteiger partial charge in [0.15, 0.2) is 5.13 Å². The Labute approximate surface area is 179 Å². The third kappa shape index (κ3) is 6.42. The van der Waals surface area contributed by atoms with Gasteiger partial charge in [0.2, 0.25) is 11.8 Å². The fourth-order valence-corrected chi connectivity index (χ4v) is 4.39. The Morgan fingerprint density at radius 1 is 1.24 bits per heavy atom. The Bertz CT molecular complexity index is 959. The number of aromatic nitrogens is 2. The molecule has 3 rings (SSSR count). The number of oxazole rings is 1. The van der Waals surface area contributed by atoms with Gasteiger partial charge in [-0.1, -0.05) is 56.4 Å². The fourth-order valence-electron chi connectivity index (χ4n) is 2.65. The highest BCUT2D eigenvalue weighted by atomic mass is 32.2. The number of nitrogens with two attached hydrogens (primary N) is 1. The zero-order valence-corrected chi connectivity index (χ0v) is 18.5. The molecule has 0 aliphatic carbocycles. The number of anilines is 1. The molecule has 154 valence electrons. The summed E-state index contributed by atoms with van der Waals surface area (Å²) in [4.78, 5) is 21.0. The van der Waals surface area contributed by atoms with E-state index >= 15 is 0 Å². The second-order valence-electron chi connectivity index (χ2n) is 7.72. The molecule has 1 amide bonds. The van der Waals surface area contributed by atoms with Crippen molar-refractivity contribution in [2.75, 3.05) is 11.9 Å². The van der Waals surface area contributed by atoms with Crippen molar-refractivity contribution < 1.29 is 9.21 Å². The molecule has 29 heavy (non-hydrogen) atoms. The van der Waals surface area contributed by atoms with Gasteiger partial charge in [0.25, 0.3) is 0 Å². The molecular formula is C21H26N4O2S2. The maximum atomic E-state index is 12.3. The van der Waals surface area contributed by atoms with E-state index in [1.54, 1.807) is 24.2 Å². The van der Waals surface area contributed by atoms with Gasteiger partial charge in [0, 0.05) is 5.41 Å². The van der Waals surface area contributed by atoms with Crippen LogP contribution in [0, 0.1) is 0 Å². The summed E-state index contributed by atoms with van der Waals surface area (Å²) < 4.78 is 6.81. The largest absolute Gasteiger partial charge is 0.444 e. The Morgan fingerprint density at radius 2 is 2.03 bits per heavy atom. The lowest BCUT2D eigenvalue weighted by Crippen LogP contribution is -2.14. The summed E-state index contributed by atoms with van der Waals surface area (Å²) in [6.45, 7) is 6.88. The van der Waals surface area contributed by atoms with E-state index in [0.717, 1.165) is 27.5 Å². The summed E-state index contributed by atoms with van der Waals surface area (Å²) in [5.74, 6) is 2.11. The molecule has 0 saturated heterocycles. The van der Waals surface area contributed by atoms with Crippen LogP contribution in [0.5, 0.6) is 0 Å². The maximum Gasteiger partial charge on any atom is 0.230 e. The molecule has 0 bridgehead atoms. The molecule has 0 fully saturated rings. The lowest BCUT2D eigenvalue weighted by Gasteiger charge is -2.12. The van der Waals surface area contributed by atoms with Crippen molar-refractivity contribution in [2.24, 2.45) is 5.73 Å². The molecule has 0 aliphatic heterocycles. The number of benzene rings is 1. The maximum absolute atomic E-state index is 12.3. The van der Waals surface area contributed by atoms with Gasteiger partial charge in [-0.15, -0.1) is 11.8 Å². The van der Waals surface area contributed by atoms with Gasteiger partial charge in [0.1, 0.15) is 5.76 Å². The number of carbonyl (C=O) groups is 1. The summed E-state index contributed by atoms with van der Waals surface area (Å²) >= 11 is 3.04. The third-order valence-electron chi connectivity index (χ3n) is 4.15. The van der Waals surface area contributed by atoms with E-state index in [1.807, 2.05) is 24.3 Å². The van der Waals surface area contributed by atoms with E-state index in [-0.39, 0.29) is 11.3 Å². The van der Waals surface area contributed by atoms with E-state index in [4.69, 9.17) is 10.2 Å². The van der Waals surface area contributed by atoms with Crippen LogP contribution in [0.15, 0.2) is 45.3 Å². The van der Waals surface area contributed by atoms with Crippen LogP contribution >= 0.6 is 23.1 Å². The number of nitrogens with zero attached hydrogens (tertiary/aromatic N) is 2. The van der Waals surface area contributed by atoms with E-state index in [2.05, 4.69) is 36.1 Å². The fraction of sp³-hybridized carbons (Fsp3) is 0.381. The van der Waals surface area contributed by atoms with E-state index in [1.165, 1.54) is 11.3 Å². The van der Waals surface area contributed by atoms with Crippen molar-refractivity contribution >= 4 is 34.1 Å². The highest BCUT2D eigenvalue weighted by molar-refractivity contribution is 8.00. The van der Waals surface area contributed by atoms with E-state index in [0.29, 0.717) is 29.7 Å². The zero-order chi connectivity index (χ0) is 20.9. The summed E-state index contributed by atoms with van der Waals surface area (Å²) in [7, 11) is 0. The minimum atomic E-state index is -0.0803. The van der Waals surface area contributed by atoms with E-state index in [9.17, 15) is 4.79 Å². The molecule has 2 heterocycles. The Morgan fingerprint density at radius 3 is 2.76 bits per heavy atom. The number of hydrogen-bond donors (Lipinski definition) is 2. The molecule has 3 aromatic rings. The molecular weight excluding hydrogens is 404 g/mol. The van der Waals surface area contributed by atoms with Gasteiger partial charge >= 0.3 is 0 Å². The number of carbonyl (C=O) groups excluding carboxylic acids is 1. The topological polar surface area (TPSA) is 94.0 Å². The monoisotopic (exact) mass is 430 g/mol. The third-order valence-corrected chi connectivity index (χ3v) is 6.24. The van der Waals surface area contributed by atoms with Crippen molar-refractivity contribution in [2.45, 2.75) is 49.0 Å². The average molecular weight is 431 g/mol. The van der Waals surface area contributed by atoms with Crippen LogP contribution < -0.4 is 11.1 Å². The smallest absolute Gasteiger partial charge is 0.230 e. The van der Waals surface area contributed by atoms with Crippen molar-refractivity contribution in [1.29, 1.82) is 0 Å². The molecule has 0 unspecified atom stereocenters. The van der Waals surface area contributed by atoms with Gasteiger partial charge in [-0.2, -0.15) is 0 Å². The highest BCUT2D eigenvalue weighted by Crippen LogP contribution is 2.31. The molecule has 0 spiro atoms. The van der Waals surface area contributed by atoms with Crippen molar-refractivity contribution in [1.82, 2.24) is 9.97 Å². The number of amides is 1. The minimum Gasteiger partial charge on any atom is -0.444 e. The van der Waals surface area contributed by atoms with Gasteiger partial charge in [-0.05, 0) is 24.1 Å². The van der Waals surface area contributed by atoms with Gasteiger partial charge < -0.3 is 15.5 Å². The van der Waals surface area contributed by atoms with Crippen LogP contribution in [0.1, 0.15) is 43.5 Å². The van der Waals surface area contributed by atoms with Crippen LogP contribution in [0.3, 0.4) is 0 Å². The first-order chi connectivity index (χ1) is 13.8. The molecule has 0 radical (unpaired) electrons. The standard InChI is InChI=1S/C21H26N4O2S2/c1-21(2,3)16-11-23-18(27-16)13-28-19-12-24-20(29-19)25-17(26)10-15-6-4-5-14(9-15)7-8-22/h4-6,9,11-12H,7-8,10,13,22H2,1-3H3,(H,24,25,26). The second-order valence-corrected chi connectivity index (χ2v) is 10.0. The minimum absolute atomic E-state index is 0.0539. The Hall–Kier alpha value is -2.16. The molecule has 6 nitrogen and oxygen atoms in total. The SMILES string of the molecule is CC(C)(C)c1cnc(CSc2cnc(NC(=O)Cc3cccc(CCN)c3)s2)o1. The van der Waals surface area contributed by atoms with Gasteiger partial charge in [-0.3, -0.25) is 4.79 Å². The average Bonchev–Trinajstić information content (AvgIpc) is 3.29. The normalized spacial score (nSPS) is 11.6. The summed E-state index contributed by atoms with van der Waals surface area (Å²) in [5.41, 5.74) is 7.66. The molecule has 0 saturated carbocycles. The van der Waals surface area contributed by atoms with Gasteiger partial charge in [-0.25, -0.2) is 9.97 Å². The summed E-state index contributed by atoms with van der Waals surface area (Å²) in [6.07, 6.45) is 4.67. The lowest BCUT2D eigenvalue weighted by molar-refractivity contribution is -0.115. The number of thioether (sulfide) groups is 1. The lowest BCUT2D eigenvalue weighted by atomic mass is 9.94. The zero-order valence-electron chi connectivity index (χ0n) is 16.9.